The predicted molar refractivity (Wildman–Crippen MR) is 42.9 cm³/mol. The summed E-state index contributed by atoms with van der Waals surface area (Å²) in [4.78, 5) is 11.0. The van der Waals surface area contributed by atoms with Crippen LogP contribution in [0.2, 0.25) is 0 Å². The van der Waals surface area contributed by atoms with Gasteiger partial charge < -0.3 is 5.11 Å². The van der Waals surface area contributed by atoms with E-state index in [-0.39, 0.29) is 0 Å². The van der Waals surface area contributed by atoms with Gasteiger partial charge in [-0.25, -0.2) is 4.79 Å². The lowest BCUT2D eigenvalue weighted by atomic mass is 10.1. The fraction of sp³-hybridized carbons (Fsp3) is 0.222. The van der Waals surface area contributed by atoms with Gasteiger partial charge in [0.25, 0.3) is 0 Å². The molecular weight excluding hydrogens is 140 g/mol. The van der Waals surface area contributed by atoms with Crippen LogP contribution in [0.1, 0.15) is 33.8 Å². The molecule has 2 heteroatoms. The zero-order valence-electron chi connectivity index (χ0n) is 14.4. The molecule has 1 aromatic rings. The molecule has 58 valence electrons. The average molecular weight is 159 g/mol. The van der Waals surface area contributed by atoms with E-state index in [0.29, 0.717) is 0 Å². The van der Waals surface area contributed by atoms with Gasteiger partial charge in [-0.15, -0.1) is 0 Å². The Labute approximate surface area is 78.1 Å². The third kappa shape index (κ3) is 1.80. The van der Waals surface area contributed by atoms with Crippen LogP contribution in [0.5, 0.6) is 0 Å². The van der Waals surface area contributed by atoms with Crippen LogP contribution in [0.15, 0.2) is 18.1 Å². The summed E-state index contributed by atoms with van der Waals surface area (Å²) in [6.45, 7) is -6.04. The molecule has 0 heterocycles. The number of carbonyl (C=O) groups is 1. The summed E-state index contributed by atoms with van der Waals surface area (Å²) in [5, 5.41) is 8.95. The highest BCUT2D eigenvalue weighted by molar-refractivity contribution is 5.88. The Hall–Kier alpha value is -1.31. The molecule has 0 aliphatic carbocycles. The van der Waals surface area contributed by atoms with Crippen molar-refractivity contribution in [1.29, 1.82) is 0 Å². The van der Waals surface area contributed by atoms with Crippen LogP contribution in [-0.2, 0) is 0 Å². The number of carboxylic acid groups (broad SMARTS) is 1. The monoisotopic (exact) mass is 159 g/mol. The normalized spacial score (nSPS) is 23.8. The topological polar surface area (TPSA) is 37.3 Å². The SMILES string of the molecule is [2H]c1c(C(=O)O)c([2H])c(C([2H])([2H])[2H])c([2H])c1C([2H])([2H])[2H]. The van der Waals surface area contributed by atoms with Crippen LogP contribution in [0.25, 0.3) is 0 Å². The molecule has 1 N–H and O–H groups in total. The van der Waals surface area contributed by atoms with Crippen molar-refractivity contribution in [3.8, 4) is 0 Å². The van der Waals surface area contributed by atoms with Gasteiger partial charge in [0.2, 0.25) is 0 Å². The molecule has 0 amide bonds. The van der Waals surface area contributed by atoms with E-state index >= 15 is 0 Å². The van der Waals surface area contributed by atoms with Crippen molar-refractivity contribution in [2.75, 3.05) is 0 Å². The fourth-order valence-electron chi connectivity index (χ4n) is 0.576. The first kappa shape index (κ1) is 2.09. The lowest BCUT2D eigenvalue weighted by Gasteiger charge is -1.98. The molecule has 11 heavy (non-hydrogen) atoms. The second-order valence-corrected chi connectivity index (χ2v) is 1.81. The second-order valence-electron chi connectivity index (χ2n) is 1.81. The molecule has 0 atom stereocenters. The van der Waals surface area contributed by atoms with Crippen molar-refractivity contribution < 1.29 is 22.2 Å². The average Bonchev–Trinajstić information content (AvgIpc) is 2.09. The van der Waals surface area contributed by atoms with Gasteiger partial charge in [-0.05, 0) is 25.8 Å². The molecular formula is C9H10O2. The summed E-state index contributed by atoms with van der Waals surface area (Å²) in [5.41, 5.74) is -2.98. The third-order valence-corrected chi connectivity index (χ3v) is 0.964. The predicted octanol–water partition coefficient (Wildman–Crippen LogP) is 2.00. The summed E-state index contributed by atoms with van der Waals surface area (Å²) in [6, 6.07) is -3.06. The summed E-state index contributed by atoms with van der Waals surface area (Å²) in [6.07, 6.45) is 0. The van der Waals surface area contributed by atoms with Crippen LogP contribution in [0.3, 0.4) is 0 Å². The van der Waals surface area contributed by atoms with E-state index in [1.807, 2.05) is 0 Å². The van der Waals surface area contributed by atoms with Crippen molar-refractivity contribution in [3.63, 3.8) is 0 Å². The third-order valence-electron chi connectivity index (χ3n) is 0.964. The maximum absolute atomic E-state index is 11.0. The minimum absolute atomic E-state index is 0.975. The van der Waals surface area contributed by atoms with Gasteiger partial charge in [-0.3, -0.25) is 0 Å². The molecule has 0 saturated carbocycles. The number of hydrogen-bond acceptors (Lipinski definition) is 1. The van der Waals surface area contributed by atoms with E-state index in [1.165, 1.54) is 0 Å². The van der Waals surface area contributed by atoms with Gasteiger partial charge in [0.05, 0.1) is 9.68 Å². The van der Waals surface area contributed by atoms with Gasteiger partial charge >= 0.3 is 5.97 Å². The standard InChI is InChI=1S/C9H10O2/c1-6-3-7(2)5-8(4-6)9(10)11/h3-5H,1-2H3,(H,10,11)/i1D3,2D3,3D,4D,5D. The first-order valence-electron chi connectivity index (χ1n) is 7.18. The Morgan fingerprint density at radius 1 is 1.45 bits per heavy atom. The lowest BCUT2D eigenvalue weighted by Crippen LogP contribution is -1.96. The first-order chi connectivity index (χ1) is 8.80. The fourth-order valence-corrected chi connectivity index (χ4v) is 0.576. The molecule has 0 saturated heterocycles. The lowest BCUT2D eigenvalue weighted by molar-refractivity contribution is 0.0696. The highest BCUT2D eigenvalue weighted by Crippen LogP contribution is 2.08. The highest BCUT2D eigenvalue weighted by atomic mass is 16.4. The first-order valence-corrected chi connectivity index (χ1v) is 2.68. The van der Waals surface area contributed by atoms with Gasteiger partial charge in [0.15, 0.2) is 0 Å². The molecule has 2 nitrogen and oxygen atoms in total. The van der Waals surface area contributed by atoms with Crippen molar-refractivity contribution in [1.82, 2.24) is 0 Å². The van der Waals surface area contributed by atoms with Crippen LogP contribution in [-0.4, -0.2) is 11.1 Å². The maximum atomic E-state index is 11.0. The van der Waals surface area contributed by atoms with Gasteiger partial charge in [-0.2, -0.15) is 0 Å². The van der Waals surface area contributed by atoms with E-state index in [2.05, 4.69) is 0 Å². The minimum Gasteiger partial charge on any atom is -0.478 e. The van der Waals surface area contributed by atoms with Gasteiger partial charge in [-0.1, -0.05) is 17.2 Å². The smallest absolute Gasteiger partial charge is 0.335 e. The summed E-state index contributed by atoms with van der Waals surface area (Å²) < 4.78 is 66.0. The summed E-state index contributed by atoms with van der Waals surface area (Å²) in [5.74, 6) is -1.78. The van der Waals surface area contributed by atoms with Crippen molar-refractivity contribution in [2.45, 2.75) is 13.7 Å². The molecule has 0 radical (unpaired) electrons. The molecule has 0 spiro atoms. The molecule has 0 aromatic heterocycles. The maximum Gasteiger partial charge on any atom is 0.335 e. The zero-order chi connectivity index (χ0) is 16.0. The van der Waals surface area contributed by atoms with Crippen LogP contribution in [0, 0.1) is 13.7 Å². The largest absolute Gasteiger partial charge is 0.478 e. The van der Waals surface area contributed by atoms with Crippen LogP contribution >= 0.6 is 0 Å². The van der Waals surface area contributed by atoms with Crippen molar-refractivity contribution in [2.24, 2.45) is 0 Å². The summed E-state index contributed by atoms with van der Waals surface area (Å²) >= 11 is 0. The number of carboxylic acids is 1. The molecule has 1 aromatic carbocycles. The Morgan fingerprint density at radius 2 is 2.00 bits per heavy atom. The van der Waals surface area contributed by atoms with Crippen molar-refractivity contribution in [3.05, 3.63) is 34.8 Å². The molecule has 1 rings (SSSR count). The Kier molecular flexibility index (Phi) is 0.522. The zero-order valence-corrected chi connectivity index (χ0v) is 5.36. The molecule has 0 aliphatic rings. The van der Waals surface area contributed by atoms with E-state index in [4.69, 9.17) is 17.4 Å². The van der Waals surface area contributed by atoms with Crippen LogP contribution < -0.4 is 0 Å². The number of rotatable bonds is 1. The van der Waals surface area contributed by atoms with Gasteiger partial charge in [0, 0.05) is 8.22 Å². The Bertz CT molecular complexity index is 529. The molecule has 0 bridgehead atoms. The number of aromatic carboxylic acids is 1. The molecule has 0 fully saturated rings. The highest BCUT2D eigenvalue weighted by Gasteiger charge is 2.02. The van der Waals surface area contributed by atoms with E-state index < -0.39 is 54.5 Å². The minimum atomic E-state index is -3.02. The van der Waals surface area contributed by atoms with E-state index in [9.17, 15) is 4.79 Å². The second kappa shape index (κ2) is 2.74. The molecule has 0 unspecified atom stereocenters. The van der Waals surface area contributed by atoms with Crippen LogP contribution in [0.4, 0.5) is 0 Å². The number of benzene rings is 1. The quantitative estimate of drug-likeness (QED) is 0.680. The summed E-state index contributed by atoms with van der Waals surface area (Å²) in [7, 11) is 0. The van der Waals surface area contributed by atoms with Gasteiger partial charge in [0.1, 0.15) is 0 Å². The number of hydrogen-bond donors (Lipinski definition) is 1. The molecule has 0 aliphatic heterocycles. The van der Waals surface area contributed by atoms with Crippen molar-refractivity contribution >= 4 is 5.97 Å². The Balaban J connectivity index is 4.00. The Morgan fingerprint density at radius 3 is 2.36 bits per heavy atom. The van der Waals surface area contributed by atoms with E-state index in [0.717, 1.165) is 0 Å². The van der Waals surface area contributed by atoms with E-state index in [1.54, 1.807) is 0 Å².